The molecule has 0 fully saturated rings. The second-order valence-electron chi connectivity index (χ2n) is 6.42. The summed E-state index contributed by atoms with van der Waals surface area (Å²) in [4.78, 5) is 27.8. The zero-order valence-electron chi connectivity index (χ0n) is 14.2. The molecule has 1 aromatic carbocycles. The van der Waals surface area contributed by atoms with Crippen molar-refractivity contribution < 1.29 is 14.3 Å². The van der Waals surface area contributed by atoms with Crippen LogP contribution in [-0.4, -0.2) is 17.0 Å². The van der Waals surface area contributed by atoms with Crippen molar-refractivity contribution in [3.8, 4) is 5.88 Å². The molecule has 0 spiro atoms. The second kappa shape index (κ2) is 7.12. The highest BCUT2D eigenvalue weighted by Crippen LogP contribution is 2.19. The molecule has 1 aromatic heterocycles. The minimum atomic E-state index is -0.622. The number of hydrogen-bond donors (Lipinski definition) is 2. The molecule has 6 heteroatoms. The Labute approximate surface area is 141 Å². The van der Waals surface area contributed by atoms with Crippen molar-refractivity contribution in [1.82, 2.24) is 4.98 Å². The molecular weight excluding hydrogens is 306 g/mol. The van der Waals surface area contributed by atoms with Crippen LogP contribution < -0.4 is 15.4 Å². The Bertz CT molecular complexity index is 734. The molecule has 126 valence electrons. The van der Waals surface area contributed by atoms with Gasteiger partial charge in [-0.3, -0.25) is 10.1 Å². The number of pyridine rings is 1. The Morgan fingerprint density at radius 3 is 2.33 bits per heavy atom. The highest BCUT2D eigenvalue weighted by Gasteiger charge is 2.21. The van der Waals surface area contributed by atoms with E-state index in [9.17, 15) is 9.59 Å². The molecule has 0 aliphatic carbocycles. The van der Waals surface area contributed by atoms with Gasteiger partial charge in [0.2, 0.25) is 11.8 Å². The van der Waals surface area contributed by atoms with Crippen molar-refractivity contribution in [1.29, 1.82) is 0 Å². The molecule has 0 aliphatic rings. The number of carbonyl (C=O) groups is 2. The largest absolute Gasteiger partial charge is 0.418 e. The van der Waals surface area contributed by atoms with E-state index >= 15 is 0 Å². The van der Waals surface area contributed by atoms with E-state index < -0.39 is 11.5 Å². The molecule has 6 nitrogen and oxygen atoms in total. The van der Waals surface area contributed by atoms with Gasteiger partial charge < -0.3 is 10.1 Å². The normalized spacial score (nSPS) is 10.8. The molecule has 24 heavy (non-hydrogen) atoms. The summed E-state index contributed by atoms with van der Waals surface area (Å²) in [6, 6.07) is 10.5. The number of para-hydroxylation sites is 1. The quantitative estimate of drug-likeness (QED) is 0.893. The van der Waals surface area contributed by atoms with Gasteiger partial charge >= 0.3 is 6.09 Å². The number of ether oxygens (including phenoxy) is 1. The van der Waals surface area contributed by atoms with Crippen molar-refractivity contribution in [2.75, 3.05) is 10.6 Å². The number of aryl methyl sites for hydroxylation is 1. The number of nitrogens with zero attached hydrogens (tertiary/aromatic N) is 1. The van der Waals surface area contributed by atoms with Crippen LogP contribution in [0.2, 0.25) is 0 Å². The summed E-state index contributed by atoms with van der Waals surface area (Å²) in [5, 5.41) is 5.41. The first kappa shape index (κ1) is 17.5. The predicted octanol–water partition coefficient (Wildman–Crippen LogP) is 3.99. The van der Waals surface area contributed by atoms with E-state index in [-0.39, 0.29) is 11.8 Å². The van der Waals surface area contributed by atoms with Gasteiger partial charge in [0, 0.05) is 17.2 Å². The SMILES string of the molecule is Cc1ccccc1NC(=O)Oc1ccc(NC(=O)C(C)(C)C)cn1. The van der Waals surface area contributed by atoms with Crippen LogP contribution in [0.3, 0.4) is 0 Å². The third kappa shape index (κ3) is 4.81. The van der Waals surface area contributed by atoms with E-state index in [0.717, 1.165) is 5.56 Å². The number of benzene rings is 1. The van der Waals surface area contributed by atoms with Crippen LogP contribution in [0.25, 0.3) is 0 Å². The number of hydrogen-bond acceptors (Lipinski definition) is 4. The van der Waals surface area contributed by atoms with E-state index in [1.54, 1.807) is 12.1 Å². The fraction of sp³-hybridized carbons (Fsp3) is 0.278. The van der Waals surface area contributed by atoms with Crippen molar-refractivity contribution in [3.05, 3.63) is 48.2 Å². The van der Waals surface area contributed by atoms with Gasteiger partial charge in [-0.1, -0.05) is 39.0 Å². The maximum absolute atomic E-state index is 11.9. The first-order valence-corrected chi connectivity index (χ1v) is 7.58. The van der Waals surface area contributed by atoms with Gasteiger partial charge in [0.25, 0.3) is 0 Å². The third-order valence-electron chi connectivity index (χ3n) is 3.25. The Morgan fingerprint density at radius 2 is 1.75 bits per heavy atom. The molecule has 0 unspecified atom stereocenters. The standard InChI is InChI=1S/C18H21N3O3/c1-12-7-5-6-8-14(12)21-17(23)24-15-10-9-13(11-19-15)20-16(22)18(2,3)4/h5-11H,1-4H3,(H,20,22)(H,21,23). The Balaban J connectivity index is 1.95. The topological polar surface area (TPSA) is 80.3 Å². The number of carbonyl (C=O) groups excluding carboxylic acids is 2. The highest BCUT2D eigenvalue weighted by molar-refractivity contribution is 5.94. The Morgan fingerprint density at radius 1 is 1.04 bits per heavy atom. The average Bonchev–Trinajstić information content (AvgIpc) is 2.50. The summed E-state index contributed by atoms with van der Waals surface area (Å²) < 4.78 is 5.13. The lowest BCUT2D eigenvalue weighted by atomic mass is 9.96. The molecule has 2 rings (SSSR count). The van der Waals surface area contributed by atoms with E-state index in [1.165, 1.54) is 12.3 Å². The third-order valence-corrected chi connectivity index (χ3v) is 3.25. The van der Waals surface area contributed by atoms with E-state index in [1.807, 2.05) is 45.9 Å². The van der Waals surface area contributed by atoms with Crippen molar-refractivity contribution in [2.45, 2.75) is 27.7 Å². The summed E-state index contributed by atoms with van der Waals surface area (Å²) in [5.41, 5.74) is 1.66. The van der Waals surface area contributed by atoms with Crippen molar-refractivity contribution in [3.63, 3.8) is 0 Å². The Hall–Kier alpha value is -2.89. The lowest BCUT2D eigenvalue weighted by molar-refractivity contribution is -0.123. The van der Waals surface area contributed by atoms with Crippen LogP contribution in [-0.2, 0) is 4.79 Å². The van der Waals surface area contributed by atoms with Crippen LogP contribution >= 0.6 is 0 Å². The molecule has 0 saturated carbocycles. The molecular formula is C18H21N3O3. The van der Waals surface area contributed by atoms with Gasteiger partial charge in [0.1, 0.15) is 0 Å². The van der Waals surface area contributed by atoms with Crippen molar-refractivity contribution in [2.24, 2.45) is 5.41 Å². The van der Waals surface area contributed by atoms with Crippen LogP contribution in [0.1, 0.15) is 26.3 Å². The van der Waals surface area contributed by atoms with Crippen molar-refractivity contribution >= 4 is 23.4 Å². The van der Waals surface area contributed by atoms with Crippen LogP contribution in [0.15, 0.2) is 42.6 Å². The van der Waals surface area contributed by atoms with Crippen LogP contribution in [0.4, 0.5) is 16.2 Å². The Kier molecular flexibility index (Phi) is 5.18. The molecule has 0 bridgehead atoms. The number of nitrogens with one attached hydrogen (secondary N) is 2. The summed E-state index contributed by atoms with van der Waals surface area (Å²) in [7, 11) is 0. The zero-order chi connectivity index (χ0) is 17.7. The van der Waals surface area contributed by atoms with Gasteiger partial charge in [-0.05, 0) is 24.6 Å². The first-order valence-electron chi connectivity index (χ1n) is 7.58. The average molecular weight is 327 g/mol. The number of aromatic nitrogens is 1. The lowest BCUT2D eigenvalue weighted by Gasteiger charge is -2.17. The molecule has 0 aliphatic heterocycles. The van der Waals surface area contributed by atoms with Gasteiger partial charge in [-0.25, -0.2) is 9.78 Å². The van der Waals surface area contributed by atoms with Gasteiger partial charge in [-0.2, -0.15) is 0 Å². The smallest absolute Gasteiger partial charge is 0.391 e. The molecule has 1 heterocycles. The zero-order valence-corrected chi connectivity index (χ0v) is 14.2. The molecule has 0 radical (unpaired) electrons. The first-order chi connectivity index (χ1) is 11.3. The summed E-state index contributed by atoms with van der Waals surface area (Å²) in [6.07, 6.45) is 0.822. The molecule has 2 aromatic rings. The maximum Gasteiger partial charge on any atom is 0.418 e. The molecule has 2 amide bonds. The number of amides is 2. The van der Waals surface area contributed by atoms with Gasteiger partial charge in [-0.15, -0.1) is 0 Å². The predicted molar refractivity (Wildman–Crippen MR) is 93.1 cm³/mol. The van der Waals surface area contributed by atoms with E-state index in [4.69, 9.17) is 4.74 Å². The summed E-state index contributed by atoms with van der Waals surface area (Å²) >= 11 is 0. The molecule has 0 saturated heterocycles. The highest BCUT2D eigenvalue weighted by atomic mass is 16.6. The second-order valence-corrected chi connectivity index (χ2v) is 6.42. The van der Waals surface area contributed by atoms with E-state index in [0.29, 0.717) is 11.4 Å². The van der Waals surface area contributed by atoms with Crippen LogP contribution in [0.5, 0.6) is 5.88 Å². The summed E-state index contributed by atoms with van der Waals surface area (Å²) in [5.74, 6) is 0.0325. The summed E-state index contributed by atoms with van der Waals surface area (Å²) in [6.45, 7) is 7.36. The molecule has 2 N–H and O–H groups in total. The van der Waals surface area contributed by atoms with E-state index in [2.05, 4.69) is 15.6 Å². The fourth-order valence-corrected chi connectivity index (χ4v) is 1.78. The fourth-order valence-electron chi connectivity index (χ4n) is 1.78. The van der Waals surface area contributed by atoms with Crippen LogP contribution in [0, 0.1) is 12.3 Å². The monoisotopic (exact) mass is 327 g/mol. The molecule has 0 atom stereocenters. The number of rotatable bonds is 3. The van der Waals surface area contributed by atoms with Gasteiger partial charge in [0.05, 0.1) is 11.9 Å². The maximum atomic E-state index is 11.9. The lowest BCUT2D eigenvalue weighted by Crippen LogP contribution is -2.27. The number of anilines is 2. The minimum absolute atomic E-state index is 0.115. The minimum Gasteiger partial charge on any atom is -0.391 e. The van der Waals surface area contributed by atoms with Gasteiger partial charge in [0.15, 0.2) is 0 Å².